The predicted octanol–water partition coefficient (Wildman–Crippen LogP) is 9.20. The maximum Gasteiger partial charge on any atom is 0.476 e. The molecular formula is C23H11Cl2F17N6OS. The largest absolute Gasteiger partial charge is 0.476 e. The third-order valence-electron chi connectivity index (χ3n) is 5.87. The first kappa shape index (κ1) is 44.3. The Morgan fingerprint density at radius 2 is 1.30 bits per heavy atom. The van der Waals surface area contributed by atoms with Gasteiger partial charge in [0.2, 0.25) is 0 Å². The Labute approximate surface area is 279 Å². The van der Waals surface area contributed by atoms with Gasteiger partial charge in [0.1, 0.15) is 27.9 Å². The van der Waals surface area contributed by atoms with Crippen molar-refractivity contribution in [1.29, 1.82) is 15.8 Å². The van der Waals surface area contributed by atoms with E-state index < -0.39 is 115 Å². The van der Waals surface area contributed by atoms with Crippen LogP contribution in [0.2, 0.25) is 10.0 Å². The second-order valence-corrected chi connectivity index (χ2v) is 11.6. The van der Waals surface area contributed by atoms with Crippen LogP contribution in [0.1, 0.15) is 30.5 Å². The highest BCUT2D eigenvalue weighted by Crippen LogP contribution is 2.53. The minimum absolute atomic E-state index is 0.433. The molecule has 1 aromatic carbocycles. The number of rotatable bonds is 9. The highest BCUT2D eigenvalue weighted by molar-refractivity contribution is 7.86. The lowest BCUT2D eigenvalue weighted by molar-refractivity contribution is -0.342. The van der Waals surface area contributed by atoms with Gasteiger partial charge in [-0.15, -0.1) is 0 Å². The van der Waals surface area contributed by atoms with Gasteiger partial charge in [-0.2, -0.15) is 86.7 Å². The normalized spacial score (nSPS) is 13.9. The molecule has 0 saturated carbocycles. The summed E-state index contributed by atoms with van der Waals surface area (Å²) in [5.74, 6) is -20.2. The van der Waals surface area contributed by atoms with Crippen molar-refractivity contribution in [3.63, 3.8) is 0 Å². The second-order valence-electron chi connectivity index (χ2n) is 9.39. The number of anilines is 1. The SMILES string of the molecule is N#CC(C#N)(CCC(F)(F)F)CC(F)(F)C(F)(F)C(F)(F)C(F)F.N#Cc1nn(-c2c(Cl)cc(C(F)(F)F)cc2Cl)c(N)c1S(=O)C(F)(F)F. The van der Waals surface area contributed by atoms with Crippen LogP contribution in [0.25, 0.3) is 5.69 Å². The number of alkyl halides is 17. The number of nitrogens with two attached hydrogens (primary N) is 1. The monoisotopic (exact) mass is 812 g/mol. The van der Waals surface area contributed by atoms with E-state index in [9.17, 15) is 78.8 Å². The molecule has 2 aromatic rings. The smallest absolute Gasteiger partial charge is 0.383 e. The topological polar surface area (TPSA) is 132 Å². The minimum Gasteiger partial charge on any atom is -0.383 e. The van der Waals surface area contributed by atoms with E-state index in [1.807, 2.05) is 0 Å². The standard InChI is InChI=1S/C12H4Cl2F6N4OS.C11H7F11N2/c13-5-1-4(11(15,16)17)2-6(14)8(5)24-10(22)9(7(3-21)23-24)26(25)12(18,19)20;12-6(13)10(19,20)11(21,22)8(14,15)3-7(4-23,5-24)1-2-9(16,17)18/h1-2H,22H2;6H,1-3H2. The highest BCUT2D eigenvalue weighted by Gasteiger charge is 2.76. The summed E-state index contributed by atoms with van der Waals surface area (Å²) in [4.78, 5) is -1.15. The van der Waals surface area contributed by atoms with Crippen molar-refractivity contribution in [1.82, 2.24) is 9.78 Å². The molecule has 0 spiro atoms. The molecule has 2 N–H and O–H groups in total. The lowest BCUT2D eigenvalue weighted by Crippen LogP contribution is -2.58. The lowest BCUT2D eigenvalue weighted by Gasteiger charge is -2.34. The van der Waals surface area contributed by atoms with Crippen LogP contribution in [-0.4, -0.2) is 49.9 Å². The quantitative estimate of drug-likeness (QED) is 0.251. The van der Waals surface area contributed by atoms with Crippen LogP contribution in [0.4, 0.5) is 80.5 Å². The highest BCUT2D eigenvalue weighted by atomic mass is 35.5. The number of aromatic nitrogens is 2. The van der Waals surface area contributed by atoms with Gasteiger partial charge in [-0.05, 0) is 18.6 Å². The molecule has 278 valence electrons. The molecule has 0 aliphatic carbocycles. The molecule has 27 heteroatoms. The van der Waals surface area contributed by atoms with Gasteiger partial charge in [0.05, 0.1) is 27.7 Å². The van der Waals surface area contributed by atoms with Crippen LogP contribution < -0.4 is 5.73 Å². The number of hydrogen-bond acceptors (Lipinski definition) is 6. The van der Waals surface area contributed by atoms with Gasteiger partial charge >= 0.3 is 42.1 Å². The number of nitrogens with zero attached hydrogens (tertiary/aromatic N) is 5. The van der Waals surface area contributed by atoms with Crippen molar-refractivity contribution in [3.8, 4) is 23.9 Å². The van der Waals surface area contributed by atoms with E-state index in [0.29, 0.717) is 29.0 Å². The fourth-order valence-electron chi connectivity index (χ4n) is 3.42. The minimum atomic E-state index is -6.70. The second kappa shape index (κ2) is 14.8. The average Bonchev–Trinajstić information content (AvgIpc) is 3.28. The van der Waals surface area contributed by atoms with Crippen LogP contribution in [-0.2, 0) is 17.0 Å². The van der Waals surface area contributed by atoms with E-state index in [1.165, 1.54) is 6.07 Å². The molecule has 0 fully saturated rings. The Morgan fingerprint density at radius 1 is 0.840 bits per heavy atom. The van der Waals surface area contributed by atoms with E-state index in [2.05, 4.69) is 5.10 Å². The number of benzene rings is 1. The van der Waals surface area contributed by atoms with Gasteiger partial charge in [0, 0.05) is 12.8 Å². The van der Waals surface area contributed by atoms with E-state index in [1.54, 1.807) is 0 Å². The number of halogens is 19. The zero-order valence-corrected chi connectivity index (χ0v) is 25.5. The summed E-state index contributed by atoms with van der Waals surface area (Å²) in [5, 5.41) is 28.2. The predicted molar refractivity (Wildman–Crippen MR) is 135 cm³/mol. The first-order chi connectivity index (χ1) is 22.3. The molecule has 1 atom stereocenters. The summed E-state index contributed by atoms with van der Waals surface area (Å²) >= 11 is 11.5. The third kappa shape index (κ3) is 9.51. The summed E-state index contributed by atoms with van der Waals surface area (Å²) in [6.45, 7) is 0. The maximum absolute atomic E-state index is 13.4. The molecule has 0 aliphatic heterocycles. The van der Waals surface area contributed by atoms with Gasteiger partial charge in [0.25, 0.3) is 0 Å². The fourth-order valence-corrected chi connectivity index (χ4v) is 4.84. The van der Waals surface area contributed by atoms with Crippen molar-refractivity contribution in [2.75, 3.05) is 5.73 Å². The van der Waals surface area contributed by atoms with Gasteiger partial charge in [0.15, 0.2) is 16.5 Å². The summed E-state index contributed by atoms with van der Waals surface area (Å²) in [7, 11) is -3.71. The molecule has 0 radical (unpaired) electrons. The summed E-state index contributed by atoms with van der Waals surface area (Å²) in [6, 6.07) is 3.47. The zero-order valence-electron chi connectivity index (χ0n) is 23.2. The Morgan fingerprint density at radius 3 is 1.64 bits per heavy atom. The molecule has 7 nitrogen and oxygen atoms in total. The lowest BCUT2D eigenvalue weighted by atomic mass is 9.78. The van der Waals surface area contributed by atoms with E-state index in [0.717, 1.165) is 0 Å². The Bertz CT molecular complexity index is 1680. The summed E-state index contributed by atoms with van der Waals surface area (Å²) in [5.41, 5.74) is -5.85. The van der Waals surface area contributed by atoms with Crippen molar-refractivity contribution in [2.24, 2.45) is 5.41 Å². The van der Waals surface area contributed by atoms with Crippen LogP contribution in [0, 0.1) is 39.4 Å². The van der Waals surface area contributed by atoms with Crippen molar-refractivity contribution >= 4 is 39.8 Å². The Hall–Kier alpha value is -3.76. The molecule has 1 aromatic heterocycles. The van der Waals surface area contributed by atoms with E-state index >= 15 is 0 Å². The van der Waals surface area contributed by atoms with E-state index in [4.69, 9.17) is 44.7 Å². The van der Waals surface area contributed by atoms with Crippen molar-refractivity contribution in [2.45, 2.75) is 66.2 Å². The molecule has 0 saturated heterocycles. The van der Waals surface area contributed by atoms with Crippen LogP contribution in [0.5, 0.6) is 0 Å². The summed E-state index contributed by atoms with van der Waals surface area (Å²) in [6.07, 6.45) is -21.6. The zero-order chi connectivity index (χ0) is 39.6. The first-order valence-corrected chi connectivity index (χ1v) is 13.8. The third-order valence-corrected chi connectivity index (χ3v) is 7.64. The molecule has 0 amide bonds. The average molecular weight is 813 g/mol. The molecule has 1 unspecified atom stereocenters. The number of nitrogen functional groups attached to an aromatic ring is 1. The van der Waals surface area contributed by atoms with Gasteiger partial charge in [-0.1, -0.05) is 23.2 Å². The number of nitriles is 3. The van der Waals surface area contributed by atoms with Gasteiger partial charge < -0.3 is 5.73 Å². The van der Waals surface area contributed by atoms with E-state index in [-0.39, 0.29) is 0 Å². The van der Waals surface area contributed by atoms with Crippen LogP contribution in [0.3, 0.4) is 0 Å². The van der Waals surface area contributed by atoms with Gasteiger partial charge in [-0.3, -0.25) is 0 Å². The van der Waals surface area contributed by atoms with Crippen LogP contribution in [0.15, 0.2) is 17.0 Å². The van der Waals surface area contributed by atoms with Crippen LogP contribution >= 0.6 is 23.2 Å². The molecule has 2 rings (SSSR count). The Balaban J connectivity index is 0.000000502. The molecule has 50 heavy (non-hydrogen) atoms. The van der Waals surface area contributed by atoms with Gasteiger partial charge in [-0.25, -0.2) is 17.7 Å². The molecule has 1 heterocycles. The Kier molecular flexibility index (Phi) is 13.1. The number of hydrogen-bond donors (Lipinski definition) is 1. The van der Waals surface area contributed by atoms with Crippen molar-refractivity contribution in [3.05, 3.63) is 33.4 Å². The van der Waals surface area contributed by atoms with Crippen molar-refractivity contribution < 1.29 is 78.8 Å². The molecular weight excluding hydrogens is 802 g/mol. The first-order valence-electron chi connectivity index (χ1n) is 11.9. The maximum atomic E-state index is 13.4. The molecule has 0 bridgehead atoms. The summed E-state index contributed by atoms with van der Waals surface area (Å²) < 4.78 is 227. The molecule has 0 aliphatic rings. The fraction of sp³-hybridized carbons (Fsp3) is 0.478.